The molecule has 5 aliphatic rings. The number of benzene rings is 4. The van der Waals surface area contributed by atoms with Crippen molar-refractivity contribution in [3.8, 4) is 33.4 Å². The van der Waals surface area contributed by atoms with Gasteiger partial charge >= 0.3 is 19.3 Å². The lowest BCUT2D eigenvalue weighted by Gasteiger charge is -2.33. The molecule has 4 aromatic heterocycles. The molecule has 5 N–H and O–H groups in total. The molecule has 0 radical (unpaired) electrons. The number of nitrogen functional groups attached to an aromatic ring is 2. The summed E-state index contributed by atoms with van der Waals surface area (Å²) in [6.07, 6.45) is 13.6. The first-order chi connectivity index (χ1) is 50.3. The minimum atomic E-state index is -0.479. The lowest BCUT2D eigenvalue weighted by molar-refractivity contribution is -0.117. The second-order valence-electron chi connectivity index (χ2n) is 30.6. The Kier molecular flexibility index (Phi) is 26.4. The molecule has 0 aliphatic carbocycles. The van der Waals surface area contributed by atoms with E-state index in [1.165, 1.54) is 49.6 Å². The maximum absolute atomic E-state index is 15.0. The molecule has 2 amide bonds. The summed E-state index contributed by atoms with van der Waals surface area (Å²) < 4.78 is 79.9. The maximum atomic E-state index is 15.0. The van der Waals surface area contributed by atoms with Crippen LogP contribution in [0.15, 0.2) is 151 Å². The summed E-state index contributed by atoms with van der Waals surface area (Å²) in [4.78, 5) is 63.6. The van der Waals surface area contributed by atoms with E-state index in [-0.39, 0.29) is 66.3 Å². The van der Waals surface area contributed by atoms with Gasteiger partial charge in [0.1, 0.15) is 51.9 Å². The Hall–Kier alpha value is -8.97. The van der Waals surface area contributed by atoms with Crippen LogP contribution in [-0.2, 0) is 36.4 Å². The number of likely N-dealkylation sites (tertiary alicyclic amines) is 2. The Balaban J connectivity index is 0.000000165. The van der Waals surface area contributed by atoms with Crippen molar-refractivity contribution in [1.82, 2.24) is 35.1 Å². The molecule has 24 heteroatoms. The molecule has 0 bridgehead atoms. The van der Waals surface area contributed by atoms with Crippen LogP contribution < -0.4 is 32.0 Å². The van der Waals surface area contributed by atoms with Crippen molar-refractivity contribution in [3.05, 3.63) is 196 Å². The van der Waals surface area contributed by atoms with E-state index in [9.17, 15) is 23.2 Å². The van der Waals surface area contributed by atoms with E-state index in [2.05, 4.69) is 57.0 Å². The zero-order chi connectivity index (χ0) is 76.1. The number of nitrogens with two attached hydrogens (primary N) is 2. The van der Waals surface area contributed by atoms with E-state index < -0.39 is 28.7 Å². The van der Waals surface area contributed by atoms with E-state index in [1.54, 1.807) is 70.9 Å². The number of piperazine rings is 1. The van der Waals surface area contributed by atoms with Gasteiger partial charge in [-0.25, -0.2) is 37.1 Å². The molecule has 562 valence electrons. The molecule has 0 saturated carbocycles. The first kappa shape index (κ1) is 79.6. The van der Waals surface area contributed by atoms with E-state index in [0.717, 1.165) is 116 Å². The molecule has 13 rings (SSSR count). The van der Waals surface area contributed by atoms with Gasteiger partial charge in [0, 0.05) is 153 Å². The van der Waals surface area contributed by atoms with Crippen molar-refractivity contribution < 1.29 is 50.7 Å². The topological polar surface area (TPSA) is 217 Å². The third-order valence-electron chi connectivity index (χ3n) is 19.7. The van der Waals surface area contributed by atoms with E-state index in [0.29, 0.717) is 64.7 Å². The zero-order valence-electron chi connectivity index (χ0n) is 62.5. The minimum Gasteiger partial charge on any atom is -0.444 e. The van der Waals surface area contributed by atoms with Crippen LogP contribution in [0.4, 0.5) is 50.2 Å². The molecule has 9 heterocycles. The molecule has 0 spiro atoms. The Morgan fingerprint density at radius 3 is 1.28 bits per heavy atom. The van der Waals surface area contributed by atoms with Gasteiger partial charge in [0.05, 0.1) is 22.6 Å². The Morgan fingerprint density at radius 1 is 0.500 bits per heavy atom. The van der Waals surface area contributed by atoms with Gasteiger partial charge in [0.25, 0.3) is 0 Å². The fourth-order valence-electron chi connectivity index (χ4n) is 12.9. The molecular formula is C82H99BBrF4N11O7. The van der Waals surface area contributed by atoms with Gasteiger partial charge in [-0.3, -0.25) is 14.8 Å². The van der Waals surface area contributed by atoms with Crippen LogP contribution in [-0.4, -0.2) is 143 Å². The standard InChI is InChI=1S/C34H35F2N5O.C21H33BN2O4.C21H26FN3O2.C6H5BrFN/c35-31-20-24(28-8-10-33(38-22-28)40-14-2-1-3-15-40)4-6-26(31)18-30(42)19-27-7-5-25(21-32(27)36)29-9-11-34(39-23-29)41-16-12-37-13-17-41;1-19(2,3)26-18(25)24-12-10-15(11-13-24)17-9-8-16(14-23-17)22-27-20(4,5)21(6,7)28-22;1-21(2,3)27-20(26)25-10-8-14(9-11-25)19-7-5-16(13-24-19)15-4-6-18(23)17(22)12-15;7-4-1-2-6(9)5(8)3-4/h4-11,20-23,37H,1-3,12-19H2;8-9,14-15H,10-13H2,1-7H3;4-7,12-14H,8-11,23H2,1-3H3;1-3H,9H2. The quantitative estimate of drug-likeness (QED) is 0.0589. The number of pyridine rings is 4. The fourth-order valence-corrected chi connectivity index (χ4v) is 13.2. The summed E-state index contributed by atoms with van der Waals surface area (Å²) in [5.74, 6) is 0.551. The number of aromatic nitrogens is 4. The van der Waals surface area contributed by atoms with Crippen molar-refractivity contribution >= 4 is 69.5 Å². The molecule has 5 fully saturated rings. The molecule has 5 aliphatic heterocycles. The predicted molar refractivity (Wildman–Crippen MR) is 415 cm³/mol. The van der Waals surface area contributed by atoms with Crippen molar-refractivity contribution in [2.24, 2.45) is 0 Å². The van der Waals surface area contributed by atoms with Gasteiger partial charge in [-0.15, -0.1) is 0 Å². The first-order valence-corrected chi connectivity index (χ1v) is 37.3. The average molecular weight is 1520 g/mol. The van der Waals surface area contributed by atoms with Gasteiger partial charge < -0.3 is 55.2 Å². The Labute approximate surface area is 629 Å². The lowest BCUT2D eigenvalue weighted by Crippen LogP contribution is -2.43. The van der Waals surface area contributed by atoms with Gasteiger partial charge in [0.15, 0.2) is 0 Å². The van der Waals surface area contributed by atoms with Gasteiger partial charge in [-0.1, -0.05) is 58.4 Å². The van der Waals surface area contributed by atoms with E-state index in [4.69, 9.17) is 30.2 Å². The number of ether oxygens (including phenoxy) is 2. The number of anilines is 4. The van der Waals surface area contributed by atoms with Gasteiger partial charge in [0.2, 0.25) is 0 Å². The number of Topliss-reactive ketones (excluding diaryl/α,β-unsaturated/α-hetero) is 1. The summed E-state index contributed by atoms with van der Waals surface area (Å²) in [6, 6.07) is 34.9. The number of ketones is 1. The summed E-state index contributed by atoms with van der Waals surface area (Å²) in [5.41, 5.74) is 17.6. The third kappa shape index (κ3) is 21.9. The second kappa shape index (κ2) is 35.2. The fraction of sp³-hybridized carbons (Fsp3) is 0.427. The number of carbonyl (C=O) groups excluding carboxylic acids is 3. The summed E-state index contributed by atoms with van der Waals surface area (Å²) >= 11 is 3.10. The molecule has 4 aromatic carbocycles. The smallest absolute Gasteiger partial charge is 0.444 e. The highest BCUT2D eigenvalue weighted by Crippen LogP contribution is 2.38. The van der Waals surface area contributed by atoms with Crippen LogP contribution in [0.3, 0.4) is 0 Å². The summed E-state index contributed by atoms with van der Waals surface area (Å²) in [5, 5.41) is 3.32. The molecule has 106 heavy (non-hydrogen) atoms. The molecule has 8 aromatic rings. The van der Waals surface area contributed by atoms with E-state index >= 15 is 8.78 Å². The number of piperidine rings is 3. The number of hydrogen-bond acceptors (Lipinski definition) is 16. The molecule has 0 atom stereocenters. The average Bonchev–Trinajstić information content (AvgIpc) is 1.62. The molecule has 18 nitrogen and oxygen atoms in total. The molecule has 5 saturated heterocycles. The number of rotatable bonds is 12. The number of carbonyl (C=O) groups is 3. The van der Waals surface area contributed by atoms with Crippen LogP contribution in [0.2, 0.25) is 0 Å². The Morgan fingerprint density at radius 2 is 0.896 bits per heavy atom. The first-order valence-electron chi connectivity index (χ1n) is 36.6. The van der Waals surface area contributed by atoms with Crippen molar-refractivity contribution in [1.29, 1.82) is 0 Å². The van der Waals surface area contributed by atoms with Crippen LogP contribution in [0.5, 0.6) is 0 Å². The summed E-state index contributed by atoms with van der Waals surface area (Å²) in [6.45, 7) is 27.9. The number of amides is 2. The van der Waals surface area contributed by atoms with Crippen LogP contribution in [0.25, 0.3) is 33.4 Å². The Bertz CT molecular complexity index is 4140. The second-order valence-corrected chi connectivity index (χ2v) is 31.5. The number of hydrogen-bond donors (Lipinski definition) is 3. The van der Waals surface area contributed by atoms with Crippen LogP contribution >= 0.6 is 15.9 Å². The predicted octanol–water partition coefficient (Wildman–Crippen LogP) is 16.1. The molecule has 0 unspecified atom stereocenters. The monoisotopic (exact) mass is 1520 g/mol. The molecular weight excluding hydrogens is 1420 g/mol. The van der Waals surface area contributed by atoms with Crippen LogP contribution in [0.1, 0.15) is 149 Å². The highest BCUT2D eigenvalue weighted by Gasteiger charge is 2.52. The normalized spacial score (nSPS) is 16.9. The van der Waals surface area contributed by atoms with Gasteiger partial charge in [-0.2, -0.15) is 0 Å². The third-order valence-corrected chi connectivity index (χ3v) is 20.2. The maximum Gasteiger partial charge on any atom is 0.496 e. The number of nitrogens with one attached hydrogen (secondary N) is 1. The van der Waals surface area contributed by atoms with Crippen molar-refractivity contribution in [2.75, 3.05) is 86.7 Å². The number of nitrogens with zero attached hydrogens (tertiary/aromatic N) is 8. The van der Waals surface area contributed by atoms with Gasteiger partial charge in [-0.05, 0) is 221 Å². The number of halogens is 5. The van der Waals surface area contributed by atoms with Crippen molar-refractivity contribution in [3.63, 3.8) is 0 Å². The van der Waals surface area contributed by atoms with Crippen LogP contribution in [0, 0.1) is 23.3 Å². The SMILES string of the molecule is CC(C)(C)OC(=O)N1CCC(c2ccc(-c3ccc(N)c(F)c3)cn2)CC1.CC(C)(C)OC(=O)N1CCC(c2ccc(B3OC(C)(C)C(C)(C)O3)cn2)CC1.Nc1ccc(Br)cc1F.O=C(Cc1ccc(-c2ccc(N3CCCCC3)nc2)cc1F)Cc1ccc(-c2ccc(N3CCNCC3)nc2)cc1F. The highest BCUT2D eigenvalue weighted by molar-refractivity contribution is 9.10. The lowest BCUT2D eigenvalue weighted by atomic mass is 9.80. The largest absolute Gasteiger partial charge is 0.496 e. The zero-order valence-corrected chi connectivity index (χ0v) is 64.1. The minimum absolute atomic E-state index is 0.100. The summed E-state index contributed by atoms with van der Waals surface area (Å²) in [7, 11) is -0.388. The highest BCUT2D eigenvalue weighted by atomic mass is 79.9. The van der Waals surface area contributed by atoms with Crippen molar-refractivity contribution in [2.45, 2.75) is 161 Å². The van der Waals surface area contributed by atoms with E-state index in [1.807, 2.05) is 118 Å².